The molecule has 0 aromatic heterocycles. The summed E-state index contributed by atoms with van der Waals surface area (Å²) in [4.78, 5) is 13.6. The van der Waals surface area contributed by atoms with Crippen LogP contribution in [0, 0.1) is 3.57 Å². The minimum atomic E-state index is -0.280. The summed E-state index contributed by atoms with van der Waals surface area (Å²) in [5.74, 6) is 1.39. The molecule has 1 aromatic carbocycles. The fourth-order valence-corrected chi connectivity index (χ4v) is 2.79. The van der Waals surface area contributed by atoms with Crippen LogP contribution < -0.4 is 15.1 Å². The van der Waals surface area contributed by atoms with E-state index in [0.717, 1.165) is 25.3 Å². The van der Waals surface area contributed by atoms with Gasteiger partial charge in [-0.15, -0.1) is 0 Å². The number of nitrogens with one attached hydrogen (secondary N) is 1. The van der Waals surface area contributed by atoms with Gasteiger partial charge in [0.05, 0.1) is 5.69 Å². The minimum absolute atomic E-state index is 0.107. The highest BCUT2D eigenvalue weighted by molar-refractivity contribution is 14.1. The molecule has 94 valence electrons. The smallest absolute Gasteiger partial charge is 0.262 e. The molecule has 0 spiro atoms. The highest BCUT2D eigenvalue weighted by Gasteiger charge is 2.35. The Labute approximate surface area is 126 Å². The summed E-state index contributed by atoms with van der Waals surface area (Å²) in [5, 5.41) is 4.04. The maximum atomic E-state index is 11.7. The zero-order valence-electron chi connectivity index (χ0n) is 9.41. The van der Waals surface area contributed by atoms with Crippen LogP contribution in [0.5, 0.6) is 5.75 Å². The van der Waals surface area contributed by atoms with Gasteiger partial charge in [-0.25, -0.2) is 5.43 Å². The van der Waals surface area contributed by atoms with Gasteiger partial charge < -0.3 is 9.64 Å². The van der Waals surface area contributed by atoms with Crippen LogP contribution in [-0.4, -0.2) is 24.4 Å². The lowest BCUT2D eigenvalue weighted by molar-refractivity contribution is -0.122. The SMILES string of the molecule is CC1C(=O)NN=C2COc3cc(Br)c(I)cc3N21. The van der Waals surface area contributed by atoms with Gasteiger partial charge in [-0.2, -0.15) is 5.10 Å². The predicted octanol–water partition coefficient (Wildman–Crippen LogP) is 2.08. The maximum absolute atomic E-state index is 11.7. The quantitative estimate of drug-likeness (QED) is 0.652. The number of fused-ring (bicyclic) bond motifs is 3. The monoisotopic (exact) mass is 421 g/mol. The van der Waals surface area contributed by atoms with Gasteiger partial charge in [-0.3, -0.25) is 4.79 Å². The average Bonchev–Trinajstić information content (AvgIpc) is 2.35. The van der Waals surface area contributed by atoms with Crippen molar-refractivity contribution in [3.05, 3.63) is 20.2 Å². The number of halogens is 2. The number of amides is 1. The number of carbonyl (C=O) groups is 1. The summed E-state index contributed by atoms with van der Waals surface area (Å²) in [7, 11) is 0. The Morgan fingerprint density at radius 2 is 2.39 bits per heavy atom. The molecule has 2 aliphatic heterocycles. The third-order valence-corrected chi connectivity index (χ3v) is 5.25. The van der Waals surface area contributed by atoms with Crippen molar-refractivity contribution in [2.75, 3.05) is 11.5 Å². The Morgan fingerprint density at radius 3 is 3.17 bits per heavy atom. The van der Waals surface area contributed by atoms with Gasteiger partial charge in [-0.1, -0.05) is 0 Å². The fourth-order valence-electron chi connectivity index (χ4n) is 2.02. The lowest BCUT2D eigenvalue weighted by Crippen LogP contribution is -2.55. The van der Waals surface area contributed by atoms with Crippen LogP contribution in [0.15, 0.2) is 21.7 Å². The molecule has 0 radical (unpaired) electrons. The minimum Gasteiger partial charge on any atom is -0.483 e. The largest absolute Gasteiger partial charge is 0.483 e. The molecule has 1 aromatic rings. The Hall–Kier alpha value is -0.830. The standard InChI is InChI=1S/C11H9BrIN3O2/c1-5-11(17)15-14-10-4-18-9-2-6(12)7(13)3-8(9)16(5)10/h2-3,5H,4H2,1H3,(H,15,17). The van der Waals surface area contributed by atoms with Crippen molar-refractivity contribution >= 4 is 56.0 Å². The second kappa shape index (κ2) is 4.37. The summed E-state index contributed by atoms with van der Waals surface area (Å²) in [6.45, 7) is 2.22. The van der Waals surface area contributed by atoms with Crippen molar-refractivity contribution in [2.24, 2.45) is 5.10 Å². The summed E-state index contributed by atoms with van der Waals surface area (Å²) in [5.41, 5.74) is 3.39. The lowest BCUT2D eigenvalue weighted by Gasteiger charge is -2.38. The molecule has 2 aliphatic rings. The summed E-state index contributed by atoms with van der Waals surface area (Å²) in [6, 6.07) is 3.63. The molecular formula is C11H9BrIN3O2. The van der Waals surface area contributed by atoms with Crippen molar-refractivity contribution in [3.63, 3.8) is 0 Å². The first-order valence-electron chi connectivity index (χ1n) is 5.35. The van der Waals surface area contributed by atoms with E-state index in [9.17, 15) is 4.79 Å². The molecule has 2 heterocycles. The lowest BCUT2D eigenvalue weighted by atomic mass is 10.1. The third kappa shape index (κ3) is 1.80. The number of ether oxygens (including phenoxy) is 1. The number of hydrogen-bond acceptors (Lipinski definition) is 4. The first-order chi connectivity index (χ1) is 8.58. The molecule has 1 amide bonds. The summed E-state index contributed by atoms with van der Waals surface area (Å²) < 4.78 is 7.70. The first kappa shape index (κ1) is 12.2. The zero-order valence-corrected chi connectivity index (χ0v) is 13.1. The van der Waals surface area contributed by atoms with E-state index in [-0.39, 0.29) is 11.9 Å². The van der Waals surface area contributed by atoms with Crippen molar-refractivity contribution in [2.45, 2.75) is 13.0 Å². The number of anilines is 1. The number of hydrazone groups is 1. The van der Waals surface area contributed by atoms with E-state index in [1.807, 2.05) is 24.0 Å². The summed E-state index contributed by atoms with van der Waals surface area (Å²) in [6.07, 6.45) is 0. The molecular weight excluding hydrogens is 413 g/mol. The van der Waals surface area contributed by atoms with Crippen molar-refractivity contribution in [1.29, 1.82) is 0 Å². The normalized spacial score (nSPS) is 21.5. The van der Waals surface area contributed by atoms with Crippen LogP contribution in [0.1, 0.15) is 6.92 Å². The number of nitrogens with zero attached hydrogens (tertiary/aromatic N) is 2. The fraction of sp³-hybridized carbons (Fsp3) is 0.273. The molecule has 0 fully saturated rings. The van der Waals surface area contributed by atoms with E-state index >= 15 is 0 Å². The Balaban J connectivity index is 2.16. The van der Waals surface area contributed by atoms with Gasteiger partial charge in [0.2, 0.25) is 0 Å². The van der Waals surface area contributed by atoms with Gasteiger partial charge in [0.1, 0.15) is 18.4 Å². The average molecular weight is 422 g/mol. The molecule has 3 rings (SSSR count). The van der Waals surface area contributed by atoms with E-state index in [1.165, 1.54) is 0 Å². The number of hydrogen-bond donors (Lipinski definition) is 1. The molecule has 0 bridgehead atoms. The number of benzene rings is 1. The number of rotatable bonds is 0. The highest BCUT2D eigenvalue weighted by Crippen LogP contribution is 2.39. The van der Waals surface area contributed by atoms with Crippen LogP contribution in [0.2, 0.25) is 0 Å². The molecule has 0 saturated heterocycles. The van der Waals surface area contributed by atoms with Crippen LogP contribution >= 0.6 is 38.5 Å². The van der Waals surface area contributed by atoms with E-state index in [4.69, 9.17) is 4.74 Å². The van der Waals surface area contributed by atoms with E-state index in [0.29, 0.717) is 6.61 Å². The van der Waals surface area contributed by atoms with Crippen molar-refractivity contribution in [1.82, 2.24) is 5.43 Å². The second-order valence-electron chi connectivity index (χ2n) is 4.07. The number of amidine groups is 1. The Morgan fingerprint density at radius 1 is 1.61 bits per heavy atom. The van der Waals surface area contributed by atoms with Gasteiger partial charge in [0.25, 0.3) is 5.91 Å². The summed E-state index contributed by atoms with van der Waals surface area (Å²) >= 11 is 5.71. The first-order valence-corrected chi connectivity index (χ1v) is 7.22. The molecule has 18 heavy (non-hydrogen) atoms. The van der Waals surface area contributed by atoms with Crippen LogP contribution in [-0.2, 0) is 4.79 Å². The van der Waals surface area contributed by atoms with E-state index in [2.05, 4.69) is 49.0 Å². The zero-order chi connectivity index (χ0) is 12.9. The molecule has 7 heteroatoms. The predicted molar refractivity (Wildman–Crippen MR) is 79.9 cm³/mol. The van der Waals surface area contributed by atoms with Crippen molar-refractivity contribution < 1.29 is 9.53 Å². The van der Waals surface area contributed by atoms with Gasteiger partial charge in [0.15, 0.2) is 5.84 Å². The Bertz CT molecular complexity index is 576. The molecule has 5 nitrogen and oxygen atoms in total. The van der Waals surface area contributed by atoms with Crippen molar-refractivity contribution in [3.8, 4) is 5.75 Å². The Kier molecular flexibility index (Phi) is 2.97. The number of carbonyl (C=O) groups excluding carboxylic acids is 1. The molecule has 1 unspecified atom stereocenters. The molecule has 0 aliphatic carbocycles. The second-order valence-corrected chi connectivity index (χ2v) is 6.09. The van der Waals surface area contributed by atoms with E-state index in [1.54, 1.807) is 0 Å². The van der Waals surface area contributed by atoms with Crippen LogP contribution in [0.4, 0.5) is 5.69 Å². The van der Waals surface area contributed by atoms with Crippen LogP contribution in [0.25, 0.3) is 0 Å². The molecule has 0 saturated carbocycles. The van der Waals surface area contributed by atoms with Crippen LogP contribution in [0.3, 0.4) is 0 Å². The maximum Gasteiger partial charge on any atom is 0.262 e. The third-order valence-electron chi connectivity index (χ3n) is 2.96. The topological polar surface area (TPSA) is 53.9 Å². The van der Waals surface area contributed by atoms with Gasteiger partial charge in [-0.05, 0) is 57.6 Å². The van der Waals surface area contributed by atoms with Gasteiger partial charge in [0, 0.05) is 8.04 Å². The highest BCUT2D eigenvalue weighted by atomic mass is 127. The van der Waals surface area contributed by atoms with Gasteiger partial charge >= 0.3 is 0 Å². The molecule has 1 atom stereocenters. The van der Waals surface area contributed by atoms with E-state index < -0.39 is 0 Å². The molecule has 1 N–H and O–H groups in total.